The van der Waals surface area contributed by atoms with Gasteiger partial charge in [-0.2, -0.15) is 0 Å². The topological polar surface area (TPSA) is 66.9 Å². The first-order chi connectivity index (χ1) is 14.0. The largest absolute Gasteiger partial charge is 0.497 e. The molecule has 1 atom stereocenters. The Labute approximate surface area is 177 Å². The van der Waals surface area contributed by atoms with Crippen LogP contribution in [0.2, 0.25) is 0 Å². The first kappa shape index (κ1) is 19.4. The summed E-state index contributed by atoms with van der Waals surface area (Å²) in [5.74, 6) is -0.567. The highest BCUT2D eigenvalue weighted by molar-refractivity contribution is 8.26. The molecule has 4 rings (SSSR count). The molecule has 0 bridgehead atoms. The summed E-state index contributed by atoms with van der Waals surface area (Å²) in [5.41, 5.74) is 1.30. The molecular formula is C21H16N2O4S2. The van der Waals surface area contributed by atoms with Crippen molar-refractivity contribution in [2.24, 2.45) is 0 Å². The molecule has 0 saturated carbocycles. The van der Waals surface area contributed by atoms with Crippen LogP contribution in [0.3, 0.4) is 0 Å². The maximum atomic E-state index is 13.0. The van der Waals surface area contributed by atoms with Crippen LogP contribution >= 0.6 is 24.0 Å². The Morgan fingerprint density at radius 3 is 2.41 bits per heavy atom. The van der Waals surface area contributed by atoms with E-state index in [0.29, 0.717) is 16.3 Å². The van der Waals surface area contributed by atoms with Gasteiger partial charge in [0.15, 0.2) is 0 Å². The van der Waals surface area contributed by atoms with Crippen molar-refractivity contribution in [2.75, 3.05) is 12.0 Å². The molecule has 8 heteroatoms. The second kappa shape index (κ2) is 7.81. The van der Waals surface area contributed by atoms with E-state index >= 15 is 0 Å². The van der Waals surface area contributed by atoms with Crippen LogP contribution in [-0.2, 0) is 14.4 Å². The van der Waals surface area contributed by atoms with Crippen LogP contribution in [0.1, 0.15) is 12.0 Å². The van der Waals surface area contributed by atoms with Crippen molar-refractivity contribution in [3.8, 4) is 5.75 Å². The number of hydrogen-bond acceptors (Lipinski definition) is 6. The maximum Gasteiger partial charge on any atom is 0.266 e. The number of carbonyl (C=O) groups excluding carboxylic acids is 3. The van der Waals surface area contributed by atoms with E-state index in [1.165, 1.54) is 12.0 Å². The van der Waals surface area contributed by atoms with Crippen molar-refractivity contribution in [3.05, 3.63) is 65.1 Å². The quantitative estimate of drug-likeness (QED) is 0.427. The lowest BCUT2D eigenvalue weighted by molar-refractivity contribution is -0.129. The van der Waals surface area contributed by atoms with E-state index < -0.39 is 11.9 Å². The number of ether oxygens (including phenoxy) is 1. The number of carbonyl (C=O) groups is 3. The Bertz CT molecular complexity index is 1030. The second-order valence-electron chi connectivity index (χ2n) is 6.45. The van der Waals surface area contributed by atoms with Gasteiger partial charge < -0.3 is 4.74 Å². The maximum absolute atomic E-state index is 13.0. The van der Waals surface area contributed by atoms with Gasteiger partial charge in [-0.15, -0.1) is 0 Å². The van der Waals surface area contributed by atoms with Gasteiger partial charge in [-0.3, -0.25) is 19.3 Å². The predicted octanol–water partition coefficient (Wildman–Crippen LogP) is 3.23. The summed E-state index contributed by atoms with van der Waals surface area (Å²) in [7, 11) is 1.54. The lowest BCUT2D eigenvalue weighted by atomic mass is 10.2. The summed E-state index contributed by atoms with van der Waals surface area (Å²) < 4.78 is 5.39. The van der Waals surface area contributed by atoms with Crippen LogP contribution in [0.5, 0.6) is 5.75 Å². The Morgan fingerprint density at radius 2 is 1.76 bits per heavy atom. The van der Waals surface area contributed by atoms with Gasteiger partial charge in [0.05, 0.1) is 24.1 Å². The molecule has 2 aromatic carbocycles. The molecule has 2 saturated heterocycles. The van der Waals surface area contributed by atoms with Crippen LogP contribution < -0.4 is 9.64 Å². The lowest BCUT2D eigenvalue weighted by Gasteiger charge is -2.21. The summed E-state index contributed by atoms with van der Waals surface area (Å²) in [6.45, 7) is 0. The van der Waals surface area contributed by atoms with Gasteiger partial charge in [-0.25, -0.2) is 4.90 Å². The molecule has 0 spiro atoms. The summed E-state index contributed by atoms with van der Waals surface area (Å²) in [5, 5.41) is 0. The molecule has 3 amide bonds. The predicted molar refractivity (Wildman–Crippen MR) is 115 cm³/mol. The van der Waals surface area contributed by atoms with E-state index in [-0.39, 0.29) is 22.6 Å². The number of imide groups is 1. The Kier molecular flexibility index (Phi) is 5.21. The fraction of sp³-hybridized carbons (Fsp3) is 0.143. The first-order valence-corrected chi connectivity index (χ1v) is 10.0. The molecule has 2 aliphatic heterocycles. The molecule has 0 N–H and O–H groups in total. The first-order valence-electron chi connectivity index (χ1n) is 8.82. The fourth-order valence-corrected chi connectivity index (χ4v) is 4.63. The molecule has 6 nitrogen and oxygen atoms in total. The van der Waals surface area contributed by atoms with Gasteiger partial charge in [-0.1, -0.05) is 54.3 Å². The third kappa shape index (κ3) is 3.56. The Morgan fingerprint density at radius 1 is 1.07 bits per heavy atom. The zero-order valence-electron chi connectivity index (χ0n) is 15.4. The number of thioether (sulfide) groups is 1. The van der Waals surface area contributed by atoms with Crippen molar-refractivity contribution in [1.82, 2.24) is 4.90 Å². The van der Waals surface area contributed by atoms with Gasteiger partial charge >= 0.3 is 0 Å². The molecule has 2 fully saturated rings. The van der Waals surface area contributed by atoms with E-state index in [1.54, 1.807) is 30.3 Å². The second-order valence-corrected chi connectivity index (χ2v) is 8.12. The number of nitrogens with zero attached hydrogens (tertiary/aromatic N) is 2. The van der Waals surface area contributed by atoms with Gasteiger partial charge in [0.25, 0.3) is 11.8 Å². The average molecular weight is 425 g/mol. The number of anilines is 1. The Balaban J connectivity index is 1.59. The van der Waals surface area contributed by atoms with Crippen LogP contribution in [0.15, 0.2) is 59.5 Å². The monoisotopic (exact) mass is 424 g/mol. The minimum atomic E-state index is -0.932. The van der Waals surface area contributed by atoms with Crippen molar-refractivity contribution in [3.63, 3.8) is 0 Å². The summed E-state index contributed by atoms with van der Waals surface area (Å²) in [4.78, 5) is 41.3. The van der Waals surface area contributed by atoms with Crippen LogP contribution in [0.25, 0.3) is 6.08 Å². The molecule has 2 aliphatic rings. The number of hydrogen-bond donors (Lipinski definition) is 0. The molecule has 0 aliphatic carbocycles. The average Bonchev–Trinajstić information content (AvgIpc) is 3.17. The molecule has 1 unspecified atom stereocenters. The Hall–Kier alpha value is -2.97. The fourth-order valence-electron chi connectivity index (χ4n) is 3.27. The van der Waals surface area contributed by atoms with Crippen molar-refractivity contribution in [2.45, 2.75) is 12.5 Å². The third-order valence-electron chi connectivity index (χ3n) is 4.69. The van der Waals surface area contributed by atoms with Gasteiger partial charge in [0, 0.05) is 0 Å². The number of thiocarbonyl (C=S) groups is 1. The third-order valence-corrected chi connectivity index (χ3v) is 6.02. The SMILES string of the molecule is COc1ccc(N2C(=O)CC(N3C(=O)/C(=C/c4ccccc4)SC3=S)C2=O)cc1. The van der Waals surface area contributed by atoms with E-state index in [9.17, 15) is 14.4 Å². The van der Waals surface area contributed by atoms with Crippen molar-refractivity contribution >= 4 is 57.8 Å². The van der Waals surface area contributed by atoms with E-state index in [4.69, 9.17) is 17.0 Å². The zero-order valence-corrected chi connectivity index (χ0v) is 17.0. The van der Waals surface area contributed by atoms with Crippen LogP contribution in [0.4, 0.5) is 5.69 Å². The molecule has 2 aromatic rings. The number of methoxy groups -OCH3 is 1. The zero-order chi connectivity index (χ0) is 20.5. The van der Waals surface area contributed by atoms with Crippen molar-refractivity contribution in [1.29, 1.82) is 0 Å². The highest BCUT2D eigenvalue weighted by Gasteiger charge is 2.48. The van der Waals surface area contributed by atoms with E-state index in [0.717, 1.165) is 22.2 Å². The van der Waals surface area contributed by atoms with Crippen LogP contribution in [0, 0.1) is 0 Å². The van der Waals surface area contributed by atoms with Crippen molar-refractivity contribution < 1.29 is 19.1 Å². The smallest absolute Gasteiger partial charge is 0.266 e. The highest BCUT2D eigenvalue weighted by Crippen LogP contribution is 2.37. The number of amides is 3. The summed E-state index contributed by atoms with van der Waals surface area (Å²) in [6.07, 6.45) is 1.64. The molecule has 0 radical (unpaired) electrons. The van der Waals surface area contributed by atoms with E-state index in [2.05, 4.69) is 0 Å². The standard InChI is InChI=1S/C21H16N2O4S2/c1-27-15-9-7-14(8-10-15)22-18(24)12-16(19(22)25)23-20(26)17(29-21(23)28)11-13-5-3-2-4-6-13/h2-11,16H,12H2,1H3/b17-11-. The minimum Gasteiger partial charge on any atom is -0.497 e. The number of rotatable bonds is 4. The van der Waals surface area contributed by atoms with Crippen LogP contribution in [-0.4, -0.2) is 40.1 Å². The number of benzene rings is 2. The lowest BCUT2D eigenvalue weighted by Crippen LogP contribution is -2.44. The van der Waals surface area contributed by atoms with Gasteiger partial charge in [-0.05, 0) is 35.9 Å². The molecule has 146 valence electrons. The van der Waals surface area contributed by atoms with Gasteiger partial charge in [0.1, 0.15) is 16.1 Å². The highest BCUT2D eigenvalue weighted by atomic mass is 32.2. The molecule has 29 heavy (non-hydrogen) atoms. The minimum absolute atomic E-state index is 0.101. The normalized spacial score (nSPS) is 20.9. The van der Waals surface area contributed by atoms with E-state index in [1.807, 2.05) is 30.3 Å². The summed E-state index contributed by atoms with van der Waals surface area (Å²) >= 11 is 6.49. The summed E-state index contributed by atoms with van der Waals surface area (Å²) in [6, 6.07) is 15.1. The van der Waals surface area contributed by atoms with Gasteiger partial charge in [0.2, 0.25) is 5.91 Å². The molecule has 0 aromatic heterocycles. The molecular weight excluding hydrogens is 408 g/mol. The molecule has 2 heterocycles.